The van der Waals surface area contributed by atoms with Gasteiger partial charge in [-0.1, -0.05) is 16.8 Å². The van der Waals surface area contributed by atoms with Gasteiger partial charge in [-0.25, -0.2) is 0 Å². The average Bonchev–Trinajstić information content (AvgIpc) is 3.12. The Morgan fingerprint density at radius 1 is 1.38 bits per heavy atom. The molecule has 160 valence electrons. The number of hydrogen-bond acceptors (Lipinski definition) is 6. The van der Waals surface area contributed by atoms with Crippen LogP contribution in [-0.2, 0) is 4.74 Å². The summed E-state index contributed by atoms with van der Waals surface area (Å²) in [5, 5.41) is 11.1. The van der Waals surface area contributed by atoms with Crippen LogP contribution in [0.25, 0.3) is 11.3 Å². The van der Waals surface area contributed by atoms with Crippen LogP contribution in [0.3, 0.4) is 0 Å². The molecule has 1 unspecified atom stereocenters. The number of anilines is 1. The minimum absolute atomic E-state index is 0. The van der Waals surface area contributed by atoms with Gasteiger partial charge in [0.05, 0.1) is 6.61 Å². The lowest BCUT2D eigenvalue weighted by molar-refractivity contribution is 0.0675. The van der Waals surface area contributed by atoms with Crippen molar-refractivity contribution in [2.75, 3.05) is 52.3 Å². The smallest absolute Gasteiger partial charge is 0.261 e. The fourth-order valence-corrected chi connectivity index (χ4v) is 3.67. The number of carbonyl (C=O) groups is 1. The number of ether oxygens (including phenoxy) is 1. The highest BCUT2D eigenvalue weighted by Crippen LogP contribution is 2.32. The van der Waals surface area contributed by atoms with E-state index >= 15 is 0 Å². The van der Waals surface area contributed by atoms with E-state index in [0.29, 0.717) is 41.2 Å². The number of halogens is 2. The van der Waals surface area contributed by atoms with Crippen LogP contribution >= 0.6 is 24.0 Å². The summed E-state index contributed by atoms with van der Waals surface area (Å²) < 4.78 is 10.7. The van der Waals surface area contributed by atoms with Crippen molar-refractivity contribution in [1.82, 2.24) is 15.4 Å². The van der Waals surface area contributed by atoms with Crippen molar-refractivity contribution in [3.05, 3.63) is 34.9 Å². The Bertz CT molecular complexity index is 781. The first kappa shape index (κ1) is 23.5. The lowest BCUT2D eigenvalue weighted by Gasteiger charge is -2.32. The zero-order valence-corrected chi connectivity index (χ0v) is 18.3. The highest BCUT2D eigenvalue weighted by Gasteiger charge is 2.31. The third-order valence-corrected chi connectivity index (χ3v) is 5.16. The summed E-state index contributed by atoms with van der Waals surface area (Å²) in [6, 6.07) is 7.21. The maximum Gasteiger partial charge on any atom is 0.261 e. The van der Waals surface area contributed by atoms with E-state index in [4.69, 9.17) is 20.9 Å². The Morgan fingerprint density at radius 2 is 2.14 bits per heavy atom. The van der Waals surface area contributed by atoms with Gasteiger partial charge in [0.15, 0.2) is 11.6 Å². The number of methoxy groups -OCH3 is 1. The Hall–Kier alpha value is -1.80. The first-order valence-electron chi connectivity index (χ1n) is 9.56. The van der Waals surface area contributed by atoms with E-state index in [1.54, 1.807) is 19.2 Å². The summed E-state index contributed by atoms with van der Waals surface area (Å²) >= 11 is 6.01. The zero-order valence-electron chi connectivity index (χ0n) is 16.7. The number of benzene rings is 1. The molecule has 0 aliphatic carbocycles. The Labute approximate surface area is 182 Å². The minimum atomic E-state index is -0.0630. The number of rotatable bonds is 8. The summed E-state index contributed by atoms with van der Waals surface area (Å²) in [4.78, 5) is 15.3. The van der Waals surface area contributed by atoms with Gasteiger partial charge >= 0.3 is 0 Å². The number of nitrogens with one attached hydrogen (secondary N) is 2. The van der Waals surface area contributed by atoms with Crippen molar-refractivity contribution in [3.63, 3.8) is 0 Å². The van der Waals surface area contributed by atoms with Crippen molar-refractivity contribution < 1.29 is 14.1 Å². The molecule has 1 aromatic carbocycles. The largest absolute Gasteiger partial charge is 0.383 e. The van der Waals surface area contributed by atoms with Gasteiger partial charge in [-0.05, 0) is 56.6 Å². The Kier molecular flexibility index (Phi) is 9.23. The molecule has 3 rings (SSSR count). The molecule has 2 heterocycles. The summed E-state index contributed by atoms with van der Waals surface area (Å²) in [5.41, 5.74) is 1.23. The molecule has 1 aliphatic rings. The molecule has 29 heavy (non-hydrogen) atoms. The van der Waals surface area contributed by atoms with Gasteiger partial charge in [0.25, 0.3) is 5.91 Å². The molecule has 1 fully saturated rings. The monoisotopic (exact) mass is 442 g/mol. The van der Waals surface area contributed by atoms with E-state index in [-0.39, 0.29) is 18.3 Å². The van der Waals surface area contributed by atoms with Gasteiger partial charge in [0.1, 0.15) is 5.56 Å². The highest BCUT2D eigenvalue weighted by molar-refractivity contribution is 6.30. The van der Waals surface area contributed by atoms with Crippen molar-refractivity contribution in [2.24, 2.45) is 5.92 Å². The molecule has 0 spiro atoms. The number of piperidine rings is 1. The Morgan fingerprint density at radius 3 is 2.83 bits per heavy atom. The molecule has 0 saturated carbocycles. The summed E-state index contributed by atoms with van der Waals surface area (Å²) in [5.74, 6) is 1.29. The van der Waals surface area contributed by atoms with Crippen molar-refractivity contribution in [3.8, 4) is 11.3 Å². The van der Waals surface area contributed by atoms with Crippen LogP contribution in [0, 0.1) is 5.92 Å². The molecule has 1 atom stereocenters. The Balaban J connectivity index is 0.00000300. The number of amides is 1. The van der Waals surface area contributed by atoms with Gasteiger partial charge < -0.3 is 24.8 Å². The maximum atomic E-state index is 13.4. The molecule has 2 aromatic rings. The molecule has 1 saturated heterocycles. The number of carbonyl (C=O) groups excluding carboxylic acids is 1. The zero-order chi connectivity index (χ0) is 19.9. The lowest BCUT2D eigenvalue weighted by atomic mass is 9.97. The van der Waals surface area contributed by atoms with Gasteiger partial charge in [-0.2, -0.15) is 0 Å². The molecular formula is C20H28Cl2N4O3. The van der Waals surface area contributed by atoms with E-state index in [1.165, 1.54) is 0 Å². The van der Waals surface area contributed by atoms with Crippen LogP contribution in [0.15, 0.2) is 28.8 Å². The van der Waals surface area contributed by atoms with Crippen LogP contribution in [0.5, 0.6) is 0 Å². The van der Waals surface area contributed by atoms with E-state index in [2.05, 4.69) is 15.8 Å². The van der Waals surface area contributed by atoms with E-state index in [0.717, 1.165) is 38.0 Å². The van der Waals surface area contributed by atoms with E-state index < -0.39 is 0 Å². The highest BCUT2D eigenvalue weighted by atomic mass is 35.5. The SMILES string of the molecule is CNCC1CCCN(C(=O)c2c(NCCOC)noc2-c2ccc(Cl)cc2)C1.Cl. The summed E-state index contributed by atoms with van der Waals surface area (Å²) in [6.45, 7) is 3.40. The molecule has 1 amide bonds. The van der Waals surface area contributed by atoms with Crippen LogP contribution in [0.1, 0.15) is 23.2 Å². The molecule has 1 aromatic heterocycles. The van der Waals surface area contributed by atoms with Crippen LogP contribution in [-0.4, -0.2) is 62.9 Å². The van der Waals surface area contributed by atoms with Gasteiger partial charge in [0.2, 0.25) is 0 Å². The number of aromatic nitrogens is 1. The third-order valence-electron chi connectivity index (χ3n) is 4.91. The van der Waals surface area contributed by atoms with Gasteiger partial charge in [0, 0.05) is 37.3 Å². The van der Waals surface area contributed by atoms with Crippen LogP contribution in [0.2, 0.25) is 5.02 Å². The van der Waals surface area contributed by atoms with Crippen LogP contribution < -0.4 is 10.6 Å². The predicted molar refractivity (Wildman–Crippen MR) is 117 cm³/mol. The van der Waals surface area contributed by atoms with Crippen molar-refractivity contribution in [1.29, 1.82) is 0 Å². The summed E-state index contributed by atoms with van der Waals surface area (Å²) in [6.07, 6.45) is 2.11. The lowest BCUT2D eigenvalue weighted by Crippen LogP contribution is -2.42. The number of likely N-dealkylation sites (tertiary alicyclic amines) is 1. The summed E-state index contributed by atoms with van der Waals surface area (Å²) in [7, 11) is 3.57. The normalized spacial score (nSPS) is 16.4. The predicted octanol–water partition coefficient (Wildman–Crippen LogP) is 3.55. The third kappa shape index (κ3) is 5.85. The number of nitrogens with zero attached hydrogens (tertiary/aromatic N) is 2. The van der Waals surface area contributed by atoms with Crippen molar-refractivity contribution in [2.45, 2.75) is 12.8 Å². The first-order valence-corrected chi connectivity index (χ1v) is 9.94. The second kappa shape index (κ2) is 11.4. The van der Waals surface area contributed by atoms with E-state index in [9.17, 15) is 4.79 Å². The number of hydrogen-bond donors (Lipinski definition) is 2. The fourth-order valence-electron chi connectivity index (χ4n) is 3.54. The average molecular weight is 443 g/mol. The topological polar surface area (TPSA) is 79.6 Å². The first-order chi connectivity index (χ1) is 13.6. The molecule has 9 heteroatoms. The molecular weight excluding hydrogens is 415 g/mol. The van der Waals surface area contributed by atoms with Gasteiger partial charge in [-0.15, -0.1) is 12.4 Å². The molecule has 2 N–H and O–H groups in total. The second-order valence-electron chi connectivity index (χ2n) is 6.98. The second-order valence-corrected chi connectivity index (χ2v) is 7.42. The molecule has 0 radical (unpaired) electrons. The molecule has 7 nitrogen and oxygen atoms in total. The molecule has 0 bridgehead atoms. The van der Waals surface area contributed by atoms with Crippen molar-refractivity contribution >= 4 is 35.7 Å². The van der Waals surface area contributed by atoms with Gasteiger partial charge in [-0.3, -0.25) is 4.79 Å². The standard InChI is InChI=1S/C20H27ClN4O3.ClH/c1-22-12-14-4-3-10-25(13-14)20(26)17-18(15-5-7-16(21)8-6-15)28-24-19(17)23-9-11-27-2;/h5-8,14,22H,3-4,9-13H2,1-2H3,(H,23,24);1H. The van der Waals surface area contributed by atoms with Crippen LogP contribution in [0.4, 0.5) is 5.82 Å². The fraction of sp³-hybridized carbons (Fsp3) is 0.500. The quantitative estimate of drug-likeness (QED) is 0.608. The molecule has 1 aliphatic heterocycles. The minimum Gasteiger partial charge on any atom is -0.383 e. The maximum absolute atomic E-state index is 13.4. The van der Waals surface area contributed by atoms with E-state index in [1.807, 2.05) is 24.1 Å².